The number of ketones is 1. The van der Waals surface area contributed by atoms with E-state index < -0.39 is 11.8 Å². The van der Waals surface area contributed by atoms with Crippen molar-refractivity contribution in [1.29, 1.82) is 0 Å². The normalized spacial score (nSPS) is 34.8. The maximum atomic E-state index is 12.6. The summed E-state index contributed by atoms with van der Waals surface area (Å²) in [6, 6.07) is 9.60. The number of carbonyl (C=O) groups is 1. The highest BCUT2D eigenvalue weighted by molar-refractivity contribution is 5.97. The van der Waals surface area contributed by atoms with Crippen molar-refractivity contribution in [2.75, 3.05) is 20.3 Å². The quantitative estimate of drug-likeness (QED) is 0.853. The molecule has 0 N–H and O–H groups in total. The van der Waals surface area contributed by atoms with Gasteiger partial charge in [-0.1, -0.05) is 30.3 Å². The summed E-state index contributed by atoms with van der Waals surface area (Å²) in [7, 11) is 1.64. The smallest absolute Gasteiger partial charge is 0.217 e. The molecule has 0 amide bonds. The minimum absolute atomic E-state index is 0.0145. The van der Waals surface area contributed by atoms with Crippen LogP contribution in [0.4, 0.5) is 0 Å². The molecule has 3 aliphatic rings. The number of fused-ring (bicyclic) bond motifs is 3. The van der Waals surface area contributed by atoms with Crippen LogP contribution in [0.15, 0.2) is 52.3 Å². The zero-order valence-corrected chi connectivity index (χ0v) is 13.9. The molecule has 1 aromatic rings. The molecule has 0 radical (unpaired) electrons. The van der Waals surface area contributed by atoms with Gasteiger partial charge in [0.2, 0.25) is 5.79 Å². The van der Waals surface area contributed by atoms with Crippen LogP contribution in [0.3, 0.4) is 0 Å². The highest BCUT2D eigenvalue weighted by Crippen LogP contribution is 2.47. The summed E-state index contributed by atoms with van der Waals surface area (Å²) >= 11 is 0. The Morgan fingerprint density at radius 2 is 2.12 bits per heavy atom. The summed E-state index contributed by atoms with van der Waals surface area (Å²) in [6.45, 7) is 3.94. The summed E-state index contributed by atoms with van der Waals surface area (Å²) < 4.78 is 12.0. The lowest BCUT2D eigenvalue weighted by atomic mass is 9.77. The fraction of sp³-hybridized carbons (Fsp3) is 0.500. The largest absolute Gasteiger partial charge is 0.364 e. The van der Waals surface area contributed by atoms with Crippen LogP contribution in [0.5, 0.6) is 0 Å². The molecule has 0 aromatic heterocycles. The lowest BCUT2D eigenvalue weighted by Gasteiger charge is -2.50. The first-order chi connectivity index (χ1) is 11.7. The van der Waals surface area contributed by atoms with E-state index in [0.717, 1.165) is 12.2 Å². The standard InChI is InChI=1S/C18H21N3O3/c1-12-16-17(20-19-12)14(22)10-15-18(16,23-2)24-9-8-21(15)11-13-6-4-3-5-7-13/h3-7,10,12,16-17H,8-9,11H2,1-2H3/t12-,16+,17+,18-/m1/s1. The van der Waals surface area contributed by atoms with Crippen LogP contribution >= 0.6 is 0 Å². The lowest BCUT2D eigenvalue weighted by Crippen LogP contribution is -2.62. The van der Waals surface area contributed by atoms with Crippen molar-refractivity contribution >= 4 is 5.78 Å². The first-order valence-electron chi connectivity index (χ1n) is 8.29. The number of carbonyl (C=O) groups excluding carboxylic acids is 1. The minimum Gasteiger partial charge on any atom is -0.364 e. The zero-order chi connectivity index (χ0) is 16.7. The van der Waals surface area contributed by atoms with E-state index in [4.69, 9.17) is 9.47 Å². The van der Waals surface area contributed by atoms with Gasteiger partial charge in [0, 0.05) is 26.3 Å². The van der Waals surface area contributed by atoms with Crippen molar-refractivity contribution < 1.29 is 14.3 Å². The molecule has 0 unspecified atom stereocenters. The van der Waals surface area contributed by atoms with Crippen molar-refractivity contribution in [2.45, 2.75) is 31.3 Å². The lowest BCUT2D eigenvalue weighted by molar-refractivity contribution is -0.262. The predicted molar refractivity (Wildman–Crippen MR) is 87.2 cm³/mol. The third-order valence-electron chi connectivity index (χ3n) is 5.14. The Morgan fingerprint density at radius 3 is 2.88 bits per heavy atom. The molecule has 126 valence electrons. The molecule has 0 saturated carbocycles. The zero-order valence-electron chi connectivity index (χ0n) is 13.9. The van der Waals surface area contributed by atoms with Crippen molar-refractivity contribution in [3.8, 4) is 0 Å². The minimum atomic E-state index is -0.950. The second-order valence-electron chi connectivity index (χ2n) is 6.50. The van der Waals surface area contributed by atoms with E-state index >= 15 is 0 Å². The number of hydrogen-bond acceptors (Lipinski definition) is 6. The van der Waals surface area contributed by atoms with E-state index in [0.29, 0.717) is 13.2 Å². The van der Waals surface area contributed by atoms with Gasteiger partial charge in [0.1, 0.15) is 6.04 Å². The fourth-order valence-corrected chi connectivity index (χ4v) is 4.01. The predicted octanol–water partition coefficient (Wildman–Crippen LogP) is 2.17. The number of morpholine rings is 1. The van der Waals surface area contributed by atoms with Gasteiger partial charge in [-0.15, -0.1) is 0 Å². The van der Waals surface area contributed by atoms with Gasteiger partial charge in [-0.05, 0) is 12.5 Å². The first kappa shape index (κ1) is 15.5. The summed E-state index contributed by atoms with van der Waals surface area (Å²) in [5.41, 5.74) is 1.99. The van der Waals surface area contributed by atoms with Crippen LogP contribution in [0.1, 0.15) is 12.5 Å². The van der Waals surface area contributed by atoms with E-state index in [1.165, 1.54) is 5.56 Å². The first-order valence-corrected chi connectivity index (χ1v) is 8.29. The molecule has 1 saturated heterocycles. The van der Waals surface area contributed by atoms with Crippen LogP contribution in [0, 0.1) is 5.92 Å². The number of azo groups is 1. The Bertz CT molecular complexity index is 703. The molecular weight excluding hydrogens is 306 g/mol. The van der Waals surface area contributed by atoms with E-state index in [-0.39, 0.29) is 17.7 Å². The van der Waals surface area contributed by atoms with E-state index in [9.17, 15) is 4.79 Å². The van der Waals surface area contributed by atoms with Crippen LogP contribution in [0.2, 0.25) is 0 Å². The average Bonchev–Trinajstić information content (AvgIpc) is 3.00. The number of hydrogen-bond donors (Lipinski definition) is 0. The Kier molecular flexibility index (Phi) is 3.73. The molecule has 6 nitrogen and oxygen atoms in total. The van der Waals surface area contributed by atoms with Crippen LogP contribution in [-0.2, 0) is 20.8 Å². The summed E-state index contributed by atoms with van der Waals surface area (Å²) in [5, 5.41) is 8.38. The summed E-state index contributed by atoms with van der Waals surface area (Å²) in [5.74, 6) is -1.18. The summed E-state index contributed by atoms with van der Waals surface area (Å²) in [6.07, 6.45) is 1.64. The van der Waals surface area contributed by atoms with Crippen LogP contribution in [-0.4, -0.2) is 48.8 Å². The molecule has 2 heterocycles. The molecule has 1 fully saturated rings. The Hall–Kier alpha value is -2.05. The van der Waals surface area contributed by atoms with Gasteiger partial charge in [0.15, 0.2) is 5.78 Å². The maximum absolute atomic E-state index is 12.6. The van der Waals surface area contributed by atoms with Crippen molar-refractivity contribution in [3.05, 3.63) is 47.7 Å². The van der Waals surface area contributed by atoms with Gasteiger partial charge in [-0.2, -0.15) is 10.2 Å². The van der Waals surface area contributed by atoms with Crippen LogP contribution < -0.4 is 0 Å². The highest BCUT2D eigenvalue weighted by Gasteiger charge is 2.60. The van der Waals surface area contributed by atoms with E-state index in [2.05, 4.69) is 27.3 Å². The third kappa shape index (κ3) is 2.21. The Labute approximate surface area is 141 Å². The molecule has 2 aliphatic heterocycles. The monoisotopic (exact) mass is 327 g/mol. The van der Waals surface area contributed by atoms with Crippen molar-refractivity contribution in [2.24, 2.45) is 16.1 Å². The van der Waals surface area contributed by atoms with Crippen molar-refractivity contribution in [3.63, 3.8) is 0 Å². The second-order valence-corrected chi connectivity index (χ2v) is 6.50. The van der Waals surface area contributed by atoms with Gasteiger partial charge in [0.25, 0.3) is 0 Å². The molecule has 0 bridgehead atoms. The van der Waals surface area contributed by atoms with Gasteiger partial charge in [0.05, 0.1) is 24.3 Å². The Balaban J connectivity index is 1.73. The molecule has 4 atom stereocenters. The average molecular weight is 327 g/mol. The topological polar surface area (TPSA) is 63.5 Å². The van der Waals surface area contributed by atoms with Gasteiger partial charge >= 0.3 is 0 Å². The fourth-order valence-electron chi connectivity index (χ4n) is 4.01. The number of rotatable bonds is 3. The third-order valence-corrected chi connectivity index (χ3v) is 5.14. The van der Waals surface area contributed by atoms with Crippen LogP contribution in [0.25, 0.3) is 0 Å². The molecule has 0 spiro atoms. The number of methoxy groups -OCH3 is 1. The molecule has 4 rings (SSSR count). The van der Waals surface area contributed by atoms with Gasteiger partial charge < -0.3 is 14.4 Å². The SMILES string of the molecule is CO[C@@]12OCCN(Cc3ccccc3)C1=CC(=O)[C@@H]1N=N[C@H](C)[C@@H]12. The Morgan fingerprint density at radius 1 is 1.33 bits per heavy atom. The molecule has 1 aromatic carbocycles. The van der Waals surface area contributed by atoms with E-state index in [1.54, 1.807) is 13.2 Å². The second kappa shape index (κ2) is 5.79. The van der Waals surface area contributed by atoms with E-state index in [1.807, 2.05) is 25.1 Å². The number of ether oxygens (including phenoxy) is 2. The molecule has 24 heavy (non-hydrogen) atoms. The van der Waals surface area contributed by atoms with Gasteiger partial charge in [-0.25, -0.2) is 0 Å². The molecule has 1 aliphatic carbocycles. The number of benzene rings is 1. The number of nitrogens with zero attached hydrogens (tertiary/aromatic N) is 3. The summed E-state index contributed by atoms with van der Waals surface area (Å²) in [4.78, 5) is 14.7. The van der Waals surface area contributed by atoms with Gasteiger partial charge in [-0.3, -0.25) is 4.79 Å². The highest BCUT2D eigenvalue weighted by atomic mass is 16.7. The molecular formula is C18H21N3O3. The maximum Gasteiger partial charge on any atom is 0.217 e. The van der Waals surface area contributed by atoms with Crippen molar-refractivity contribution in [1.82, 2.24) is 4.90 Å². The molecule has 6 heteroatoms.